The zero-order valence-electron chi connectivity index (χ0n) is 12.1. The van der Waals surface area contributed by atoms with Gasteiger partial charge in [-0.05, 0) is 19.8 Å². The fourth-order valence-corrected chi connectivity index (χ4v) is 3.06. The normalized spacial score (nSPS) is 29.3. The highest BCUT2D eigenvalue weighted by molar-refractivity contribution is 5.45. The van der Waals surface area contributed by atoms with Gasteiger partial charge in [0.15, 0.2) is 0 Å². The van der Waals surface area contributed by atoms with Gasteiger partial charge >= 0.3 is 5.69 Å². The van der Waals surface area contributed by atoms with Crippen LogP contribution in [0.4, 0.5) is 5.82 Å². The van der Waals surface area contributed by atoms with Crippen molar-refractivity contribution in [3.63, 3.8) is 0 Å². The minimum absolute atomic E-state index is 0.259. The van der Waals surface area contributed by atoms with E-state index in [2.05, 4.69) is 9.88 Å². The first-order chi connectivity index (χ1) is 10.1. The molecule has 2 N–H and O–H groups in total. The van der Waals surface area contributed by atoms with Crippen LogP contribution in [0.3, 0.4) is 0 Å². The van der Waals surface area contributed by atoms with Crippen LogP contribution < -0.4 is 10.6 Å². The van der Waals surface area contributed by atoms with Crippen molar-refractivity contribution >= 4 is 5.82 Å². The van der Waals surface area contributed by atoms with Crippen molar-refractivity contribution in [3.05, 3.63) is 22.2 Å². The zero-order chi connectivity index (χ0) is 15.0. The summed E-state index contributed by atoms with van der Waals surface area (Å²) >= 11 is 0. The van der Waals surface area contributed by atoms with Crippen LogP contribution in [0.2, 0.25) is 0 Å². The summed E-state index contributed by atoms with van der Waals surface area (Å²) < 4.78 is 6.93. The summed E-state index contributed by atoms with van der Waals surface area (Å²) in [6, 6.07) is 0. The van der Waals surface area contributed by atoms with Crippen molar-refractivity contribution in [3.8, 4) is 0 Å². The number of aliphatic hydroxyl groups is 2. The molecule has 0 spiro atoms. The largest absolute Gasteiger partial charge is 0.394 e. The third-order valence-electron chi connectivity index (χ3n) is 4.21. The van der Waals surface area contributed by atoms with Crippen molar-refractivity contribution in [1.29, 1.82) is 0 Å². The molecule has 0 saturated carbocycles. The monoisotopic (exact) mass is 295 g/mol. The Kier molecular flexibility index (Phi) is 3.97. The first-order valence-electron chi connectivity index (χ1n) is 7.39. The van der Waals surface area contributed by atoms with Gasteiger partial charge in [-0.2, -0.15) is 4.98 Å². The molecule has 0 aliphatic carbocycles. The van der Waals surface area contributed by atoms with Gasteiger partial charge in [-0.3, -0.25) is 4.57 Å². The molecule has 1 aromatic heterocycles. The highest BCUT2D eigenvalue weighted by Crippen LogP contribution is 2.28. The van der Waals surface area contributed by atoms with Crippen molar-refractivity contribution in [2.75, 3.05) is 24.6 Å². The molecule has 0 radical (unpaired) electrons. The van der Waals surface area contributed by atoms with Crippen LogP contribution in [-0.2, 0) is 4.74 Å². The van der Waals surface area contributed by atoms with Crippen LogP contribution in [-0.4, -0.2) is 51.7 Å². The Labute approximate surface area is 122 Å². The first-order valence-corrected chi connectivity index (χ1v) is 7.39. The average Bonchev–Trinajstić information content (AvgIpc) is 3.10. The molecule has 2 saturated heterocycles. The van der Waals surface area contributed by atoms with Crippen LogP contribution in [0.1, 0.15) is 31.1 Å². The molecule has 2 aliphatic rings. The van der Waals surface area contributed by atoms with E-state index in [4.69, 9.17) is 9.84 Å². The number of anilines is 1. The van der Waals surface area contributed by atoms with E-state index in [1.807, 2.05) is 6.92 Å². The first kappa shape index (κ1) is 14.5. The number of rotatable bonds is 3. The summed E-state index contributed by atoms with van der Waals surface area (Å²) in [6.45, 7) is 3.53. The van der Waals surface area contributed by atoms with Crippen LogP contribution in [0.5, 0.6) is 0 Å². The molecule has 7 heteroatoms. The molecule has 3 heterocycles. The standard InChI is InChI=1S/C14H21N3O4/c1-9-7-17(12-6-10(19)11(8-18)21-12)14(20)15-13(9)16-4-2-3-5-16/h7,10-12,18-19H,2-6,8H2,1H3/t10?,11-,12-/m1/s1. The van der Waals surface area contributed by atoms with Crippen molar-refractivity contribution in [1.82, 2.24) is 9.55 Å². The smallest absolute Gasteiger partial charge is 0.351 e. The Bertz CT molecular complexity index is 568. The lowest BCUT2D eigenvalue weighted by Crippen LogP contribution is -2.31. The fraction of sp³-hybridized carbons (Fsp3) is 0.714. The molecule has 2 aliphatic heterocycles. The zero-order valence-corrected chi connectivity index (χ0v) is 12.1. The van der Waals surface area contributed by atoms with E-state index in [1.54, 1.807) is 6.20 Å². The van der Waals surface area contributed by atoms with Crippen LogP contribution in [0, 0.1) is 6.92 Å². The third-order valence-corrected chi connectivity index (χ3v) is 4.21. The SMILES string of the molecule is Cc1cn([C@H]2CC(O)[C@@H](CO)O2)c(=O)nc1N1CCCC1. The summed E-state index contributed by atoms with van der Waals surface area (Å²) in [4.78, 5) is 18.5. The average molecular weight is 295 g/mol. The Morgan fingerprint density at radius 2 is 2.14 bits per heavy atom. The van der Waals surface area contributed by atoms with E-state index in [-0.39, 0.29) is 18.7 Å². The molecule has 7 nitrogen and oxygen atoms in total. The third kappa shape index (κ3) is 2.68. The molecular formula is C14H21N3O4. The molecule has 0 aromatic carbocycles. The fourth-order valence-electron chi connectivity index (χ4n) is 3.06. The van der Waals surface area contributed by atoms with Crippen molar-refractivity contribution in [2.45, 2.75) is 44.6 Å². The topological polar surface area (TPSA) is 87.8 Å². The van der Waals surface area contributed by atoms with Gasteiger partial charge < -0.3 is 19.8 Å². The second-order valence-corrected chi connectivity index (χ2v) is 5.75. The van der Waals surface area contributed by atoms with Gasteiger partial charge in [0.1, 0.15) is 18.1 Å². The van der Waals surface area contributed by atoms with Crippen LogP contribution in [0.25, 0.3) is 0 Å². The molecule has 2 fully saturated rings. The maximum atomic E-state index is 12.2. The van der Waals surface area contributed by atoms with E-state index < -0.39 is 18.4 Å². The predicted molar refractivity (Wildman–Crippen MR) is 76.3 cm³/mol. The number of aliphatic hydroxyl groups excluding tert-OH is 2. The minimum Gasteiger partial charge on any atom is -0.394 e. The van der Waals surface area contributed by atoms with Crippen LogP contribution in [0.15, 0.2) is 11.0 Å². The molecule has 21 heavy (non-hydrogen) atoms. The summed E-state index contributed by atoms with van der Waals surface area (Å²) in [6.07, 6.45) is 2.31. The van der Waals surface area contributed by atoms with E-state index in [1.165, 1.54) is 4.57 Å². The Balaban J connectivity index is 1.87. The number of nitrogens with zero attached hydrogens (tertiary/aromatic N) is 3. The Morgan fingerprint density at radius 1 is 1.43 bits per heavy atom. The number of aryl methyl sites for hydroxylation is 1. The predicted octanol–water partition coefficient (Wildman–Crippen LogP) is -0.207. The summed E-state index contributed by atoms with van der Waals surface area (Å²) in [5.41, 5.74) is 0.542. The highest BCUT2D eigenvalue weighted by atomic mass is 16.5. The van der Waals surface area contributed by atoms with Gasteiger partial charge in [0, 0.05) is 31.3 Å². The Morgan fingerprint density at radius 3 is 2.76 bits per heavy atom. The second-order valence-electron chi connectivity index (χ2n) is 5.75. The van der Waals surface area contributed by atoms with Crippen molar-refractivity contribution < 1.29 is 14.9 Å². The van der Waals surface area contributed by atoms with E-state index in [0.717, 1.165) is 37.3 Å². The molecule has 1 unspecified atom stereocenters. The van der Waals surface area contributed by atoms with Gasteiger partial charge in [0.2, 0.25) is 0 Å². The van der Waals surface area contributed by atoms with E-state index in [9.17, 15) is 9.90 Å². The molecule has 0 amide bonds. The van der Waals surface area contributed by atoms with Gasteiger partial charge in [-0.15, -0.1) is 0 Å². The number of aromatic nitrogens is 2. The maximum Gasteiger partial charge on any atom is 0.351 e. The summed E-state index contributed by atoms with van der Waals surface area (Å²) in [7, 11) is 0. The second kappa shape index (κ2) is 5.75. The number of hydrogen-bond acceptors (Lipinski definition) is 6. The molecule has 1 aromatic rings. The molecule has 3 rings (SSSR count). The lowest BCUT2D eigenvalue weighted by atomic mass is 10.2. The van der Waals surface area contributed by atoms with E-state index >= 15 is 0 Å². The number of ether oxygens (including phenoxy) is 1. The van der Waals surface area contributed by atoms with Gasteiger partial charge in [-0.25, -0.2) is 4.79 Å². The quantitative estimate of drug-likeness (QED) is 0.802. The lowest BCUT2D eigenvalue weighted by Gasteiger charge is -2.21. The van der Waals surface area contributed by atoms with Crippen LogP contribution >= 0.6 is 0 Å². The number of hydrogen-bond donors (Lipinski definition) is 2. The van der Waals surface area contributed by atoms with Gasteiger partial charge in [0.25, 0.3) is 0 Å². The van der Waals surface area contributed by atoms with Crippen molar-refractivity contribution in [2.24, 2.45) is 0 Å². The Hall–Kier alpha value is -1.44. The molecule has 0 bridgehead atoms. The summed E-state index contributed by atoms with van der Waals surface area (Å²) in [5, 5.41) is 18.9. The molecule has 3 atom stereocenters. The van der Waals surface area contributed by atoms with Gasteiger partial charge in [0.05, 0.1) is 12.7 Å². The lowest BCUT2D eigenvalue weighted by molar-refractivity contribution is -0.0459. The highest BCUT2D eigenvalue weighted by Gasteiger charge is 2.35. The van der Waals surface area contributed by atoms with Gasteiger partial charge in [-0.1, -0.05) is 0 Å². The van der Waals surface area contributed by atoms with E-state index in [0.29, 0.717) is 0 Å². The maximum absolute atomic E-state index is 12.2. The summed E-state index contributed by atoms with van der Waals surface area (Å²) in [5.74, 6) is 0.742. The minimum atomic E-state index is -0.759. The molecule has 116 valence electrons. The molecular weight excluding hydrogens is 274 g/mol.